The number of hydrogen-bond donors (Lipinski definition) is 1. The lowest BCUT2D eigenvalue weighted by Gasteiger charge is -2.44. The second-order valence-electron chi connectivity index (χ2n) is 6.69. The number of nitrogens with zero attached hydrogens (tertiary/aromatic N) is 1. The van der Waals surface area contributed by atoms with Gasteiger partial charge in [-0.05, 0) is 31.7 Å². The third-order valence-electron chi connectivity index (χ3n) is 4.62. The summed E-state index contributed by atoms with van der Waals surface area (Å²) in [5.74, 6) is 0.602. The third-order valence-corrected chi connectivity index (χ3v) is 4.62. The highest BCUT2D eigenvalue weighted by atomic mass is 19.1. The van der Waals surface area contributed by atoms with Gasteiger partial charge in [0.1, 0.15) is 5.82 Å². The van der Waals surface area contributed by atoms with Crippen LogP contribution in [-0.2, 0) is 0 Å². The molecule has 2 rings (SSSR count). The first kappa shape index (κ1) is 16.4. The average molecular weight is 292 g/mol. The molecule has 1 heterocycles. The minimum absolute atomic E-state index is 0.0844. The van der Waals surface area contributed by atoms with Crippen LogP contribution in [0.5, 0.6) is 0 Å². The van der Waals surface area contributed by atoms with Gasteiger partial charge in [0.15, 0.2) is 0 Å². The van der Waals surface area contributed by atoms with Gasteiger partial charge in [-0.2, -0.15) is 0 Å². The minimum Gasteiger partial charge on any atom is -0.311 e. The normalized spacial score (nSPS) is 25.2. The molecule has 1 aromatic carbocycles. The van der Waals surface area contributed by atoms with Crippen molar-refractivity contribution in [3.8, 4) is 0 Å². The zero-order valence-electron chi connectivity index (χ0n) is 13.8. The molecule has 118 valence electrons. The van der Waals surface area contributed by atoms with Gasteiger partial charge < -0.3 is 5.32 Å². The molecule has 1 saturated heterocycles. The fourth-order valence-electron chi connectivity index (χ4n) is 3.46. The Labute approximate surface area is 128 Å². The first-order chi connectivity index (χ1) is 10.0. The average Bonchev–Trinajstić information content (AvgIpc) is 2.46. The van der Waals surface area contributed by atoms with Crippen molar-refractivity contribution in [2.45, 2.75) is 58.7 Å². The molecule has 0 saturated carbocycles. The number of piperazine rings is 1. The predicted octanol–water partition coefficient (Wildman–Crippen LogP) is 3.99. The summed E-state index contributed by atoms with van der Waals surface area (Å²) in [5.41, 5.74) is 0.821. The molecule has 2 nitrogen and oxygen atoms in total. The van der Waals surface area contributed by atoms with E-state index in [1.54, 1.807) is 12.1 Å². The van der Waals surface area contributed by atoms with Gasteiger partial charge >= 0.3 is 0 Å². The number of halogens is 1. The van der Waals surface area contributed by atoms with Crippen molar-refractivity contribution in [1.29, 1.82) is 0 Å². The number of benzene rings is 1. The molecule has 0 radical (unpaired) electrons. The second-order valence-corrected chi connectivity index (χ2v) is 6.69. The molecule has 1 fully saturated rings. The Morgan fingerprint density at radius 3 is 2.62 bits per heavy atom. The summed E-state index contributed by atoms with van der Waals surface area (Å²) in [4.78, 5) is 2.49. The molecule has 0 bridgehead atoms. The molecular formula is C18H29FN2. The highest BCUT2D eigenvalue weighted by Gasteiger charge is 2.31. The molecule has 3 unspecified atom stereocenters. The van der Waals surface area contributed by atoms with Crippen LogP contribution in [-0.4, -0.2) is 30.1 Å². The summed E-state index contributed by atoms with van der Waals surface area (Å²) in [6, 6.07) is 8.33. The quantitative estimate of drug-likeness (QED) is 0.883. The van der Waals surface area contributed by atoms with Crippen LogP contribution in [0.2, 0.25) is 0 Å². The zero-order valence-corrected chi connectivity index (χ0v) is 13.8. The summed E-state index contributed by atoms with van der Waals surface area (Å²) >= 11 is 0. The number of rotatable bonds is 5. The van der Waals surface area contributed by atoms with Crippen LogP contribution in [0.4, 0.5) is 4.39 Å². The Morgan fingerprint density at radius 1 is 1.29 bits per heavy atom. The fraction of sp³-hybridized carbons (Fsp3) is 0.667. The Balaban J connectivity index is 2.15. The van der Waals surface area contributed by atoms with Crippen molar-refractivity contribution in [1.82, 2.24) is 10.2 Å². The van der Waals surface area contributed by atoms with Crippen LogP contribution < -0.4 is 5.32 Å². The van der Waals surface area contributed by atoms with E-state index >= 15 is 0 Å². The zero-order chi connectivity index (χ0) is 15.4. The van der Waals surface area contributed by atoms with Gasteiger partial charge in [0.25, 0.3) is 0 Å². The second kappa shape index (κ2) is 7.37. The van der Waals surface area contributed by atoms with Gasteiger partial charge in [-0.15, -0.1) is 0 Å². The number of hydrogen-bond acceptors (Lipinski definition) is 2. The lowest BCUT2D eigenvalue weighted by Crippen LogP contribution is -2.57. The molecule has 1 aliphatic heterocycles. The summed E-state index contributed by atoms with van der Waals surface area (Å²) in [6.07, 6.45) is 2.27. The van der Waals surface area contributed by atoms with E-state index in [0.717, 1.165) is 25.1 Å². The van der Waals surface area contributed by atoms with E-state index < -0.39 is 0 Å². The fourth-order valence-corrected chi connectivity index (χ4v) is 3.46. The van der Waals surface area contributed by atoms with Crippen LogP contribution >= 0.6 is 0 Å². The van der Waals surface area contributed by atoms with Crippen LogP contribution in [0.3, 0.4) is 0 Å². The Hall–Kier alpha value is -0.930. The Bertz CT molecular complexity index is 447. The summed E-state index contributed by atoms with van der Waals surface area (Å²) in [5, 5.41) is 3.67. The summed E-state index contributed by atoms with van der Waals surface area (Å²) in [6.45, 7) is 10.9. The topological polar surface area (TPSA) is 15.3 Å². The van der Waals surface area contributed by atoms with E-state index in [9.17, 15) is 4.39 Å². The Kier molecular flexibility index (Phi) is 5.77. The molecule has 3 atom stereocenters. The highest BCUT2D eigenvalue weighted by Crippen LogP contribution is 2.28. The largest absolute Gasteiger partial charge is 0.311 e. The van der Waals surface area contributed by atoms with E-state index in [1.807, 2.05) is 12.1 Å². The van der Waals surface area contributed by atoms with Gasteiger partial charge in [-0.25, -0.2) is 4.39 Å². The SMILES string of the molecule is CCC1CNC(CC(C)C)CN1C(C)c1ccccc1F. The molecule has 1 aromatic rings. The smallest absolute Gasteiger partial charge is 0.127 e. The standard InChI is InChI=1S/C18H29FN2/c1-5-16-11-20-15(10-13(2)3)12-21(16)14(4)17-8-6-7-9-18(17)19/h6-9,13-16,20H,5,10-12H2,1-4H3. The van der Waals surface area contributed by atoms with E-state index in [4.69, 9.17) is 0 Å². The van der Waals surface area contributed by atoms with E-state index in [-0.39, 0.29) is 11.9 Å². The molecule has 21 heavy (non-hydrogen) atoms. The minimum atomic E-state index is -0.0844. The molecule has 0 aromatic heterocycles. The van der Waals surface area contributed by atoms with Gasteiger partial charge in [-0.3, -0.25) is 4.90 Å². The lowest BCUT2D eigenvalue weighted by atomic mass is 9.95. The highest BCUT2D eigenvalue weighted by molar-refractivity contribution is 5.21. The van der Waals surface area contributed by atoms with E-state index in [0.29, 0.717) is 18.0 Å². The van der Waals surface area contributed by atoms with Gasteiger partial charge in [0.05, 0.1) is 0 Å². The van der Waals surface area contributed by atoms with Crippen molar-refractivity contribution in [3.05, 3.63) is 35.6 Å². The van der Waals surface area contributed by atoms with E-state index in [1.165, 1.54) is 6.42 Å². The predicted molar refractivity (Wildman–Crippen MR) is 86.8 cm³/mol. The van der Waals surface area contributed by atoms with Crippen LogP contribution in [0.1, 0.15) is 52.1 Å². The Morgan fingerprint density at radius 2 is 2.00 bits per heavy atom. The molecule has 0 aliphatic carbocycles. The van der Waals surface area contributed by atoms with Gasteiger partial charge in [0, 0.05) is 36.8 Å². The van der Waals surface area contributed by atoms with Gasteiger partial charge in [-0.1, -0.05) is 39.0 Å². The number of nitrogens with one attached hydrogen (secondary N) is 1. The van der Waals surface area contributed by atoms with Crippen molar-refractivity contribution in [2.75, 3.05) is 13.1 Å². The van der Waals surface area contributed by atoms with Gasteiger partial charge in [0.2, 0.25) is 0 Å². The summed E-state index contributed by atoms with van der Waals surface area (Å²) < 4.78 is 14.1. The first-order valence-electron chi connectivity index (χ1n) is 8.26. The molecule has 0 spiro atoms. The van der Waals surface area contributed by atoms with Crippen molar-refractivity contribution >= 4 is 0 Å². The monoisotopic (exact) mass is 292 g/mol. The maximum Gasteiger partial charge on any atom is 0.127 e. The van der Waals surface area contributed by atoms with Crippen LogP contribution in [0.15, 0.2) is 24.3 Å². The van der Waals surface area contributed by atoms with Crippen LogP contribution in [0, 0.1) is 11.7 Å². The van der Waals surface area contributed by atoms with Crippen molar-refractivity contribution in [2.24, 2.45) is 5.92 Å². The molecule has 1 N–H and O–H groups in total. The molecule has 0 amide bonds. The molecule has 3 heteroatoms. The van der Waals surface area contributed by atoms with Crippen LogP contribution in [0.25, 0.3) is 0 Å². The van der Waals surface area contributed by atoms with Crippen molar-refractivity contribution in [3.63, 3.8) is 0 Å². The van der Waals surface area contributed by atoms with E-state index in [2.05, 4.69) is 37.9 Å². The maximum absolute atomic E-state index is 14.1. The van der Waals surface area contributed by atoms with Crippen molar-refractivity contribution < 1.29 is 4.39 Å². The summed E-state index contributed by atoms with van der Waals surface area (Å²) in [7, 11) is 0. The first-order valence-corrected chi connectivity index (χ1v) is 8.26. The third kappa shape index (κ3) is 4.04. The maximum atomic E-state index is 14.1. The lowest BCUT2D eigenvalue weighted by molar-refractivity contribution is 0.0787. The molecular weight excluding hydrogens is 263 g/mol. The molecule has 1 aliphatic rings.